The van der Waals surface area contributed by atoms with Crippen LogP contribution in [0.2, 0.25) is 0 Å². The van der Waals surface area contributed by atoms with Gasteiger partial charge < -0.3 is 33.8 Å². The molecule has 0 saturated carbocycles. The van der Waals surface area contributed by atoms with Gasteiger partial charge in [0, 0.05) is 25.7 Å². The van der Waals surface area contributed by atoms with E-state index in [0.717, 1.165) is 102 Å². The van der Waals surface area contributed by atoms with Crippen LogP contribution < -0.4 is 0 Å². The highest BCUT2D eigenvalue weighted by Gasteiger charge is 2.30. The predicted octanol–water partition coefficient (Wildman–Crippen LogP) is 22.3. The maximum Gasteiger partial charge on any atom is 0.472 e. The first-order valence-corrected chi connectivity index (χ1v) is 42.5. The van der Waals surface area contributed by atoms with Gasteiger partial charge in [0.25, 0.3) is 0 Å². The highest BCUT2D eigenvalue weighted by atomic mass is 31.2. The molecule has 0 aromatic carbocycles. The third kappa shape index (κ3) is 70.3. The first kappa shape index (κ1) is 93.1. The van der Waals surface area contributed by atoms with Crippen molar-refractivity contribution in [3.8, 4) is 0 Å². The third-order valence-electron chi connectivity index (χ3n) is 17.7. The maximum absolute atomic E-state index is 13.1. The average Bonchev–Trinajstić information content (AvgIpc) is 1.43. The number of hydrogen-bond donors (Lipinski definition) is 3. The lowest BCUT2D eigenvalue weighted by Crippen LogP contribution is -2.30. The molecule has 3 N–H and O–H groups in total. The molecular formula is C76H148O17P2. The van der Waals surface area contributed by atoms with Crippen LogP contribution in [-0.4, -0.2) is 96.7 Å². The minimum absolute atomic E-state index is 0.107. The van der Waals surface area contributed by atoms with Crippen LogP contribution in [0, 0.1) is 11.8 Å². The minimum Gasteiger partial charge on any atom is -0.462 e. The molecule has 0 rings (SSSR count). The van der Waals surface area contributed by atoms with Crippen LogP contribution in [0.5, 0.6) is 0 Å². The number of ether oxygens (including phenoxy) is 4. The standard InChI is InChI=1S/C76H148O17P2/c1-7-9-11-13-15-17-19-29-36-42-48-54-60-75(80)92-71(64-86-73(78)58-52-46-40-34-18-16-14-12-10-8-2)66-90-94(82,83)88-62-70(77)63-89-95(84,85)91-67-72(65-87-74(79)59-53-47-41-35-31-26-28-33-39-45-51-57-69(5)6)93-76(81)61-55-49-43-37-30-25-23-21-20-22-24-27-32-38-44-50-56-68(3)4/h68-72,77H,7-67H2,1-6H3,(H,82,83)(H,84,85)/t70-,71+,72+/m0/s1. The summed E-state index contributed by atoms with van der Waals surface area (Å²) in [6.07, 6.45) is 55.4. The molecule has 0 aliphatic heterocycles. The Morgan fingerprint density at radius 1 is 0.284 bits per heavy atom. The van der Waals surface area contributed by atoms with Crippen LogP contribution in [0.1, 0.15) is 395 Å². The van der Waals surface area contributed by atoms with Crippen LogP contribution in [0.3, 0.4) is 0 Å². The second kappa shape index (κ2) is 67.9. The lowest BCUT2D eigenvalue weighted by Gasteiger charge is -2.21. The molecule has 564 valence electrons. The maximum atomic E-state index is 13.1. The summed E-state index contributed by atoms with van der Waals surface area (Å²) >= 11 is 0. The minimum atomic E-state index is -4.96. The SMILES string of the molecule is CCCCCCCCCCCCCCC(=O)O[C@H](COC(=O)CCCCCCCCCCCC)COP(=O)(O)OC[C@H](O)COP(=O)(O)OC[C@@H](COC(=O)CCCCCCCCCCCCCC(C)C)OC(=O)CCCCCCCCCCCCCCCCCCC(C)C. The van der Waals surface area contributed by atoms with E-state index in [2.05, 4.69) is 41.5 Å². The van der Waals surface area contributed by atoms with Gasteiger partial charge in [0.2, 0.25) is 0 Å². The van der Waals surface area contributed by atoms with E-state index < -0.39 is 97.5 Å². The molecule has 5 atom stereocenters. The zero-order valence-corrected chi connectivity index (χ0v) is 63.8. The Labute approximate surface area is 581 Å². The molecule has 0 bridgehead atoms. The molecular weight excluding hydrogens is 1250 g/mol. The Balaban J connectivity index is 5.23. The van der Waals surface area contributed by atoms with E-state index in [-0.39, 0.29) is 25.7 Å². The van der Waals surface area contributed by atoms with Crippen LogP contribution in [-0.2, 0) is 65.4 Å². The summed E-state index contributed by atoms with van der Waals surface area (Å²) < 4.78 is 68.5. The van der Waals surface area contributed by atoms with Gasteiger partial charge >= 0.3 is 39.5 Å². The fraction of sp³-hybridized carbons (Fsp3) is 0.947. The summed E-state index contributed by atoms with van der Waals surface area (Å²) in [6.45, 7) is 9.63. The second-order valence-corrected chi connectivity index (χ2v) is 31.3. The van der Waals surface area contributed by atoms with Crippen molar-refractivity contribution >= 4 is 39.5 Å². The topological polar surface area (TPSA) is 237 Å². The number of hydrogen-bond acceptors (Lipinski definition) is 15. The van der Waals surface area contributed by atoms with Gasteiger partial charge in [-0.2, -0.15) is 0 Å². The Morgan fingerprint density at radius 2 is 0.484 bits per heavy atom. The summed E-state index contributed by atoms with van der Waals surface area (Å²) in [6, 6.07) is 0. The van der Waals surface area contributed by atoms with Gasteiger partial charge in [-0.15, -0.1) is 0 Å². The molecule has 0 heterocycles. The molecule has 0 radical (unpaired) electrons. The van der Waals surface area contributed by atoms with Gasteiger partial charge in [-0.05, 0) is 37.5 Å². The highest BCUT2D eigenvalue weighted by Crippen LogP contribution is 2.45. The van der Waals surface area contributed by atoms with Crippen LogP contribution in [0.15, 0.2) is 0 Å². The number of phosphoric acid groups is 2. The number of esters is 4. The van der Waals surface area contributed by atoms with Crippen molar-refractivity contribution in [3.05, 3.63) is 0 Å². The van der Waals surface area contributed by atoms with E-state index in [0.29, 0.717) is 25.7 Å². The number of aliphatic hydroxyl groups is 1. The predicted molar refractivity (Wildman–Crippen MR) is 386 cm³/mol. The highest BCUT2D eigenvalue weighted by molar-refractivity contribution is 7.47. The van der Waals surface area contributed by atoms with Crippen molar-refractivity contribution in [2.75, 3.05) is 39.6 Å². The Kier molecular flexibility index (Phi) is 66.5. The third-order valence-corrected chi connectivity index (χ3v) is 19.6. The molecule has 0 aliphatic rings. The Bertz CT molecular complexity index is 1840. The van der Waals surface area contributed by atoms with Gasteiger partial charge in [-0.1, -0.05) is 343 Å². The number of phosphoric ester groups is 2. The number of rotatable bonds is 75. The van der Waals surface area contributed by atoms with Gasteiger partial charge in [0.05, 0.1) is 26.4 Å². The van der Waals surface area contributed by atoms with Gasteiger partial charge in [-0.3, -0.25) is 37.3 Å². The van der Waals surface area contributed by atoms with Crippen LogP contribution in [0.4, 0.5) is 0 Å². The lowest BCUT2D eigenvalue weighted by atomic mass is 10.0. The van der Waals surface area contributed by atoms with Crippen molar-refractivity contribution in [1.29, 1.82) is 0 Å². The molecule has 19 heteroatoms. The van der Waals surface area contributed by atoms with Crippen molar-refractivity contribution in [2.24, 2.45) is 11.8 Å². The van der Waals surface area contributed by atoms with Crippen molar-refractivity contribution in [2.45, 2.75) is 413 Å². The van der Waals surface area contributed by atoms with Crippen LogP contribution >= 0.6 is 15.6 Å². The fourth-order valence-corrected chi connectivity index (χ4v) is 13.2. The van der Waals surface area contributed by atoms with E-state index >= 15 is 0 Å². The first-order valence-electron chi connectivity index (χ1n) is 39.5. The van der Waals surface area contributed by atoms with Gasteiger partial charge in [0.15, 0.2) is 12.2 Å². The molecule has 2 unspecified atom stereocenters. The van der Waals surface area contributed by atoms with Crippen molar-refractivity contribution in [1.82, 2.24) is 0 Å². The smallest absolute Gasteiger partial charge is 0.462 e. The monoisotopic (exact) mass is 1400 g/mol. The van der Waals surface area contributed by atoms with E-state index in [9.17, 15) is 43.2 Å². The summed E-state index contributed by atoms with van der Waals surface area (Å²) in [5.74, 6) is -0.534. The number of carbonyl (C=O) groups excluding carboxylic acids is 4. The van der Waals surface area contributed by atoms with Gasteiger partial charge in [0.1, 0.15) is 19.3 Å². The summed E-state index contributed by atoms with van der Waals surface area (Å²) in [5, 5.41) is 10.6. The summed E-state index contributed by atoms with van der Waals surface area (Å²) in [7, 11) is -9.91. The molecule has 0 aromatic rings. The van der Waals surface area contributed by atoms with Crippen LogP contribution in [0.25, 0.3) is 0 Å². The molecule has 0 fully saturated rings. The molecule has 17 nitrogen and oxygen atoms in total. The second-order valence-electron chi connectivity index (χ2n) is 28.3. The Hall–Kier alpha value is -1.94. The number of unbranched alkanes of at least 4 members (excludes halogenated alkanes) is 45. The van der Waals surface area contributed by atoms with E-state index in [1.807, 2.05) is 0 Å². The largest absolute Gasteiger partial charge is 0.472 e. The molecule has 0 amide bonds. The summed E-state index contributed by atoms with van der Waals surface area (Å²) in [5.41, 5.74) is 0. The normalized spacial score (nSPS) is 14.0. The zero-order chi connectivity index (χ0) is 70.0. The molecule has 0 aliphatic carbocycles. The summed E-state index contributed by atoms with van der Waals surface area (Å²) in [4.78, 5) is 72.8. The molecule has 0 aromatic heterocycles. The van der Waals surface area contributed by atoms with E-state index in [1.54, 1.807) is 0 Å². The molecule has 0 spiro atoms. The van der Waals surface area contributed by atoms with Crippen molar-refractivity contribution in [3.63, 3.8) is 0 Å². The number of carbonyl (C=O) groups is 4. The fourth-order valence-electron chi connectivity index (χ4n) is 11.7. The van der Waals surface area contributed by atoms with Gasteiger partial charge in [-0.25, -0.2) is 9.13 Å². The average molecular weight is 1400 g/mol. The molecule has 95 heavy (non-hydrogen) atoms. The van der Waals surface area contributed by atoms with Crippen molar-refractivity contribution < 1.29 is 80.2 Å². The van der Waals surface area contributed by atoms with E-state index in [4.69, 9.17) is 37.0 Å². The molecule has 0 saturated heterocycles. The Morgan fingerprint density at radius 3 is 0.716 bits per heavy atom. The zero-order valence-electron chi connectivity index (χ0n) is 62.0. The quantitative estimate of drug-likeness (QED) is 0.0222. The lowest BCUT2D eigenvalue weighted by molar-refractivity contribution is -0.161. The van der Waals surface area contributed by atoms with E-state index in [1.165, 1.54) is 212 Å². The number of aliphatic hydroxyl groups excluding tert-OH is 1. The first-order chi connectivity index (χ1) is 45.9.